The Bertz CT molecular complexity index is 306. The lowest BCUT2D eigenvalue weighted by Crippen LogP contribution is -2.52. The lowest BCUT2D eigenvalue weighted by atomic mass is 9.84. The van der Waals surface area contributed by atoms with Crippen LogP contribution in [0.4, 0.5) is 0 Å². The van der Waals surface area contributed by atoms with Crippen molar-refractivity contribution in [1.82, 2.24) is 15.1 Å². The van der Waals surface area contributed by atoms with Gasteiger partial charge in [-0.25, -0.2) is 0 Å². The Hall–Kier alpha value is -0.120. The van der Waals surface area contributed by atoms with Crippen LogP contribution in [0.5, 0.6) is 0 Å². The molecule has 0 bridgehead atoms. The van der Waals surface area contributed by atoms with Crippen LogP contribution >= 0.6 is 0 Å². The summed E-state index contributed by atoms with van der Waals surface area (Å²) in [6, 6.07) is 1.41. The van der Waals surface area contributed by atoms with E-state index < -0.39 is 0 Å². The summed E-state index contributed by atoms with van der Waals surface area (Å²) in [5, 5.41) is 3.85. The highest BCUT2D eigenvalue weighted by Crippen LogP contribution is 2.41. The van der Waals surface area contributed by atoms with Crippen LogP contribution < -0.4 is 5.32 Å². The van der Waals surface area contributed by atoms with Gasteiger partial charge in [0.15, 0.2) is 0 Å². The first-order chi connectivity index (χ1) is 9.94. The first-order valence-electron chi connectivity index (χ1n) is 9.14. The second kappa shape index (κ2) is 7.43. The predicted octanol–water partition coefficient (Wildman–Crippen LogP) is 2.82. The van der Waals surface area contributed by atoms with Gasteiger partial charge in [-0.1, -0.05) is 20.8 Å². The Morgan fingerprint density at radius 3 is 2.38 bits per heavy atom. The molecule has 3 heteroatoms. The van der Waals surface area contributed by atoms with E-state index in [2.05, 4.69) is 49.7 Å². The van der Waals surface area contributed by atoms with Crippen molar-refractivity contribution in [2.45, 2.75) is 66.0 Å². The normalized spacial score (nSPS) is 31.1. The Balaban J connectivity index is 1.84. The number of nitrogens with zero attached hydrogens (tertiary/aromatic N) is 2. The molecule has 2 unspecified atom stereocenters. The van der Waals surface area contributed by atoms with Crippen molar-refractivity contribution in [2.75, 3.05) is 39.3 Å². The van der Waals surface area contributed by atoms with Gasteiger partial charge in [-0.05, 0) is 51.0 Å². The van der Waals surface area contributed by atoms with Gasteiger partial charge in [0.1, 0.15) is 0 Å². The van der Waals surface area contributed by atoms with Gasteiger partial charge >= 0.3 is 0 Å². The molecule has 0 radical (unpaired) electrons. The van der Waals surface area contributed by atoms with Crippen LogP contribution in [0.2, 0.25) is 0 Å². The number of hydrogen-bond donors (Lipinski definition) is 1. The fraction of sp³-hybridized carbons (Fsp3) is 1.00. The van der Waals surface area contributed by atoms with E-state index in [0.29, 0.717) is 17.5 Å². The molecule has 1 aliphatic carbocycles. The molecule has 1 aliphatic heterocycles. The highest BCUT2D eigenvalue weighted by Gasteiger charge is 2.42. The number of hydrogen-bond acceptors (Lipinski definition) is 3. The summed E-state index contributed by atoms with van der Waals surface area (Å²) in [6.07, 6.45) is 4.02. The molecule has 0 aromatic rings. The molecule has 1 saturated carbocycles. The van der Waals surface area contributed by atoms with Gasteiger partial charge in [-0.2, -0.15) is 0 Å². The average molecular weight is 296 g/mol. The molecule has 21 heavy (non-hydrogen) atoms. The summed E-state index contributed by atoms with van der Waals surface area (Å²) in [5.74, 6) is 0.845. The molecule has 2 fully saturated rings. The molecule has 0 aromatic carbocycles. The van der Waals surface area contributed by atoms with E-state index in [-0.39, 0.29) is 0 Å². The molecule has 0 aromatic heterocycles. The maximum absolute atomic E-state index is 3.85. The molecule has 2 rings (SSSR count). The fourth-order valence-electron chi connectivity index (χ4n) is 4.25. The van der Waals surface area contributed by atoms with Crippen LogP contribution in [0.1, 0.15) is 53.9 Å². The molecule has 1 saturated heterocycles. The molecule has 3 nitrogen and oxygen atoms in total. The SMILES string of the molecule is CCCNC1C(CN2CCN(C(C)C)CC2)CCC1(C)C. The summed E-state index contributed by atoms with van der Waals surface area (Å²) in [6.45, 7) is 19.3. The molecule has 2 atom stereocenters. The van der Waals surface area contributed by atoms with Gasteiger partial charge in [0, 0.05) is 44.8 Å². The summed E-state index contributed by atoms with van der Waals surface area (Å²) in [5.41, 5.74) is 0.472. The van der Waals surface area contributed by atoms with Gasteiger partial charge in [0.05, 0.1) is 0 Å². The van der Waals surface area contributed by atoms with Crippen molar-refractivity contribution in [3.8, 4) is 0 Å². The van der Waals surface area contributed by atoms with E-state index in [1.807, 2.05) is 0 Å². The third-order valence-electron chi connectivity index (χ3n) is 5.72. The Morgan fingerprint density at radius 1 is 1.14 bits per heavy atom. The molecule has 0 amide bonds. The van der Waals surface area contributed by atoms with Gasteiger partial charge in [0.25, 0.3) is 0 Å². The van der Waals surface area contributed by atoms with E-state index in [1.54, 1.807) is 0 Å². The van der Waals surface area contributed by atoms with E-state index >= 15 is 0 Å². The first-order valence-corrected chi connectivity index (χ1v) is 9.14. The van der Waals surface area contributed by atoms with Crippen molar-refractivity contribution in [2.24, 2.45) is 11.3 Å². The number of piperazine rings is 1. The minimum atomic E-state index is 0.472. The van der Waals surface area contributed by atoms with Crippen LogP contribution in [-0.4, -0.2) is 61.2 Å². The van der Waals surface area contributed by atoms with Crippen molar-refractivity contribution in [1.29, 1.82) is 0 Å². The summed E-state index contributed by atoms with van der Waals surface area (Å²) in [7, 11) is 0. The zero-order chi connectivity index (χ0) is 15.5. The third kappa shape index (κ3) is 4.43. The summed E-state index contributed by atoms with van der Waals surface area (Å²) in [4.78, 5) is 5.33. The van der Waals surface area contributed by atoms with Gasteiger partial charge in [-0.15, -0.1) is 0 Å². The van der Waals surface area contributed by atoms with E-state index in [4.69, 9.17) is 0 Å². The minimum absolute atomic E-state index is 0.472. The summed E-state index contributed by atoms with van der Waals surface area (Å²) < 4.78 is 0. The van der Waals surface area contributed by atoms with Crippen LogP contribution in [0.3, 0.4) is 0 Å². The molecule has 1 heterocycles. The molecule has 0 spiro atoms. The zero-order valence-corrected chi connectivity index (χ0v) is 15.0. The highest BCUT2D eigenvalue weighted by atomic mass is 15.3. The van der Waals surface area contributed by atoms with Crippen LogP contribution in [-0.2, 0) is 0 Å². The van der Waals surface area contributed by atoms with Gasteiger partial charge < -0.3 is 10.2 Å². The molecule has 2 aliphatic rings. The smallest absolute Gasteiger partial charge is 0.0159 e. The average Bonchev–Trinajstić information content (AvgIpc) is 2.72. The lowest BCUT2D eigenvalue weighted by Gasteiger charge is -2.39. The highest BCUT2D eigenvalue weighted by molar-refractivity contribution is 4.97. The van der Waals surface area contributed by atoms with Crippen LogP contribution in [0.15, 0.2) is 0 Å². The summed E-state index contributed by atoms with van der Waals surface area (Å²) >= 11 is 0. The van der Waals surface area contributed by atoms with E-state index in [1.165, 1.54) is 58.5 Å². The molecular weight excluding hydrogens is 258 g/mol. The quantitative estimate of drug-likeness (QED) is 0.813. The van der Waals surface area contributed by atoms with Gasteiger partial charge in [0.2, 0.25) is 0 Å². The van der Waals surface area contributed by atoms with Crippen molar-refractivity contribution >= 4 is 0 Å². The van der Waals surface area contributed by atoms with E-state index in [9.17, 15) is 0 Å². The number of rotatable bonds is 6. The topological polar surface area (TPSA) is 18.5 Å². The lowest BCUT2D eigenvalue weighted by molar-refractivity contribution is 0.0896. The second-order valence-corrected chi connectivity index (χ2v) is 8.15. The Morgan fingerprint density at radius 2 is 1.81 bits per heavy atom. The van der Waals surface area contributed by atoms with Crippen molar-refractivity contribution in [3.05, 3.63) is 0 Å². The zero-order valence-electron chi connectivity index (χ0n) is 15.0. The Kier molecular flexibility index (Phi) is 6.10. The standard InChI is InChI=1S/C18H37N3/c1-6-9-19-17-16(7-8-18(17,4)5)14-20-10-12-21(13-11-20)15(2)3/h15-17,19H,6-14H2,1-5H3. The number of nitrogens with one attached hydrogen (secondary N) is 1. The first kappa shape index (κ1) is 17.2. The van der Waals surface area contributed by atoms with Crippen molar-refractivity contribution < 1.29 is 0 Å². The predicted molar refractivity (Wildman–Crippen MR) is 91.7 cm³/mol. The largest absolute Gasteiger partial charge is 0.313 e. The van der Waals surface area contributed by atoms with Crippen molar-refractivity contribution in [3.63, 3.8) is 0 Å². The molecule has 124 valence electrons. The fourth-order valence-corrected chi connectivity index (χ4v) is 4.25. The Labute approximate surface area is 132 Å². The minimum Gasteiger partial charge on any atom is -0.313 e. The third-order valence-corrected chi connectivity index (χ3v) is 5.72. The molecule has 1 N–H and O–H groups in total. The second-order valence-electron chi connectivity index (χ2n) is 8.15. The van der Waals surface area contributed by atoms with Crippen LogP contribution in [0, 0.1) is 11.3 Å². The maximum atomic E-state index is 3.85. The monoisotopic (exact) mass is 295 g/mol. The maximum Gasteiger partial charge on any atom is 0.0159 e. The van der Waals surface area contributed by atoms with Gasteiger partial charge in [-0.3, -0.25) is 4.90 Å². The van der Waals surface area contributed by atoms with Crippen LogP contribution in [0.25, 0.3) is 0 Å². The van der Waals surface area contributed by atoms with E-state index in [0.717, 1.165) is 5.92 Å². The molecular formula is C18H37N3.